The topological polar surface area (TPSA) is 49.5 Å². The van der Waals surface area contributed by atoms with Gasteiger partial charge in [0.25, 0.3) is 0 Å². The largest absolute Gasteiger partial charge is 0.454 e. The van der Waals surface area contributed by atoms with Gasteiger partial charge in [0.05, 0.1) is 11.0 Å². The number of hydrogen-bond donors (Lipinski definition) is 1. The van der Waals surface area contributed by atoms with E-state index in [1.54, 1.807) is 56.1 Å². The molecule has 0 fully saturated rings. The molecule has 29 heavy (non-hydrogen) atoms. The molecule has 0 radical (unpaired) electrons. The van der Waals surface area contributed by atoms with Gasteiger partial charge in [-0.3, -0.25) is 4.98 Å². The summed E-state index contributed by atoms with van der Waals surface area (Å²) in [5.74, 6) is 0.228. The molecule has 1 unspecified atom stereocenters. The van der Waals surface area contributed by atoms with Crippen molar-refractivity contribution in [2.75, 3.05) is 13.3 Å². The SMILES string of the molecule is CSC1C=CC(c2cc3nccc(-c4cccc(C(C)(C)O)c4F)c3o2)=CN1C. The van der Waals surface area contributed by atoms with E-state index in [2.05, 4.69) is 22.2 Å². The second-order valence-corrected chi connectivity index (χ2v) is 8.60. The van der Waals surface area contributed by atoms with Crippen LogP contribution in [0.25, 0.3) is 27.8 Å². The molecule has 3 heterocycles. The van der Waals surface area contributed by atoms with Crippen molar-refractivity contribution < 1.29 is 13.9 Å². The van der Waals surface area contributed by atoms with Gasteiger partial charge in [0.2, 0.25) is 0 Å². The smallest absolute Gasteiger partial charge is 0.161 e. The molecule has 1 atom stereocenters. The Labute approximate surface area is 173 Å². The number of hydrogen-bond acceptors (Lipinski definition) is 5. The van der Waals surface area contributed by atoms with Crippen molar-refractivity contribution in [1.82, 2.24) is 9.88 Å². The minimum absolute atomic E-state index is 0.245. The molecule has 1 N–H and O–H groups in total. The van der Waals surface area contributed by atoms with Crippen molar-refractivity contribution in [3.05, 3.63) is 72.0 Å². The van der Waals surface area contributed by atoms with E-state index in [-0.39, 0.29) is 10.9 Å². The van der Waals surface area contributed by atoms with Gasteiger partial charge in [-0.15, -0.1) is 11.8 Å². The van der Waals surface area contributed by atoms with Crippen molar-refractivity contribution in [3.8, 4) is 11.1 Å². The first-order valence-electron chi connectivity index (χ1n) is 9.35. The molecule has 0 bridgehead atoms. The van der Waals surface area contributed by atoms with Crippen LogP contribution in [-0.2, 0) is 5.60 Å². The van der Waals surface area contributed by atoms with Crippen molar-refractivity contribution in [2.24, 2.45) is 0 Å². The molecular formula is C23H23FN2O2S. The number of rotatable bonds is 4. The Morgan fingerprint density at radius 1 is 1.24 bits per heavy atom. The van der Waals surface area contributed by atoms with Crippen molar-refractivity contribution >= 4 is 28.4 Å². The van der Waals surface area contributed by atoms with Crippen LogP contribution in [0.4, 0.5) is 4.39 Å². The average molecular weight is 411 g/mol. The average Bonchev–Trinajstić information content (AvgIpc) is 3.11. The fourth-order valence-electron chi connectivity index (χ4n) is 3.55. The second-order valence-electron chi connectivity index (χ2n) is 7.64. The summed E-state index contributed by atoms with van der Waals surface area (Å²) < 4.78 is 21.4. The molecule has 4 nitrogen and oxygen atoms in total. The zero-order chi connectivity index (χ0) is 20.8. The summed E-state index contributed by atoms with van der Waals surface area (Å²) in [7, 11) is 2.02. The lowest BCUT2D eigenvalue weighted by Crippen LogP contribution is -2.23. The highest BCUT2D eigenvalue weighted by atomic mass is 32.2. The zero-order valence-corrected chi connectivity index (χ0v) is 17.6. The maximum atomic E-state index is 15.2. The lowest BCUT2D eigenvalue weighted by Gasteiger charge is -2.26. The van der Waals surface area contributed by atoms with E-state index in [1.807, 2.05) is 25.4 Å². The monoisotopic (exact) mass is 410 g/mol. The summed E-state index contributed by atoms with van der Waals surface area (Å²) >= 11 is 1.75. The first-order valence-corrected chi connectivity index (χ1v) is 10.6. The zero-order valence-electron chi connectivity index (χ0n) is 16.8. The van der Waals surface area contributed by atoms with Gasteiger partial charge in [-0.2, -0.15) is 0 Å². The summed E-state index contributed by atoms with van der Waals surface area (Å²) in [6.07, 6.45) is 9.91. The van der Waals surface area contributed by atoms with Gasteiger partial charge < -0.3 is 14.4 Å². The number of aromatic nitrogens is 1. The highest BCUT2D eigenvalue weighted by Gasteiger charge is 2.24. The quantitative estimate of drug-likeness (QED) is 0.625. The fourth-order valence-corrected chi connectivity index (χ4v) is 4.18. The van der Waals surface area contributed by atoms with E-state index in [9.17, 15) is 5.11 Å². The van der Waals surface area contributed by atoms with Crippen molar-refractivity contribution in [2.45, 2.75) is 24.8 Å². The third kappa shape index (κ3) is 3.58. The van der Waals surface area contributed by atoms with Crippen LogP contribution in [0.3, 0.4) is 0 Å². The summed E-state index contributed by atoms with van der Waals surface area (Å²) in [5, 5.41) is 10.6. The van der Waals surface area contributed by atoms with Gasteiger partial charge in [-0.05, 0) is 26.2 Å². The number of allylic oxidation sites excluding steroid dienone is 2. The Kier molecular flexibility index (Phi) is 5.00. The number of nitrogens with zero attached hydrogens (tertiary/aromatic N) is 2. The Hall–Kier alpha value is -2.57. The van der Waals surface area contributed by atoms with Gasteiger partial charge in [0.1, 0.15) is 17.1 Å². The van der Waals surface area contributed by atoms with Gasteiger partial charge in [-0.1, -0.05) is 30.4 Å². The third-order valence-corrected chi connectivity index (χ3v) is 6.04. The standard InChI is InChI=1S/C23H23FN2O2S/c1-23(2,27)17-7-5-6-15(21(17)24)16-10-11-25-18-12-19(28-22(16)18)14-8-9-20(29-4)26(3)13-14/h5-13,20,27H,1-4H3. The lowest BCUT2D eigenvalue weighted by atomic mass is 9.93. The summed E-state index contributed by atoms with van der Waals surface area (Å²) in [6, 6.07) is 8.65. The molecule has 4 rings (SSSR count). The number of likely N-dealkylation sites (N-methyl/N-ethyl adjacent to an activating group) is 1. The number of thioether (sulfide) groups is 1. The van der Waals surface area contributed by atoms with Crippen LogP contribution in [-0.4, -0.2) is 33.7 Å². The van der Waals surface area contributed by atoms with Crippen LogP contribution in [0.15, 0.2) is 59.3 Å². The molecule has 0 saturated carbocycles. The number of pyridine rings is 1. The fraction of sp³-hybridized carbons (Fsp3) is 0.261. The van der Waals surface area contributed by atoms with Crippen LogP contribution in [0.2, 0.25) is 0 Å². The summed E-state index contributed by atoms with van der Waals surface area (Å²) in [4.78, 5) is 6.52. The normalized spacial score (nSPS) is 17.1. The van der Waals surface area contributed by atoms with Gasteiger partial charge in [0.15, 0.2) is 5.58 Å². The van der Waals surface area contributed by atoms with Crippen LogP contribution < -0.4 is 0 Å². The van der Waals surface area contributed by atoms with Crippen molar-refractivity contribution in [3.63, 3.8) is 0 Å². The second kappa shape index (κ2) is 7.35. The lowest BCUT2D eigenvalue weighted by molar-refractivity contribution is 0.0746. The molecule has 0 saturated heterocycles. The van der Waals surface area contributed by atoms with Crippen molar-refractivity contribution in [1.29, 1.82) is 0 Å². The molecule has 1 aliphatic heterocycles. The Bertz CT molecular complexity index is 1130. The molecule has 1 aliphatic rings. The van der Waals surface area contributed by atoms with E-state index in [0.29, 0.717) is 28.0 Å². The highest BCUT2D eigenvalue weighted by Crippen LogP contribution is 2.37. The number of aliphatic hydroxyl groups is 1. The molecule has 2 aromatic heterocycles. The maximum Gasteiger partial charge on any atom is 0.161 e. The highest BCUT2D eigenvalue weighted by molar-refractivity contribution is 7.99. The van der Waals surface area contributed by atoms with Crippen LogP contribution in [0.5, 0.6) is 0 Å². The molecule has 0 amide bonds. The van der Waals surface area contributed by atoms with Crippen LogP contribution in [0.1, 0.15) is 25.2 Å². The maximum absolute atomic E-state index is 15.2. The first kappa shape index (κ1) is 19.7. The Morgan fingerprint density at radius 2 is 2.03 bits per heavy atom. The molecular weight excluding hydrogens is 387 g/mol. The predicted octanol–water partition coefficient (Wildman–Crippen LogP) is 5.39. The molecule has 3 aromatic rings. The minimum Gasteiger partial charge on any atom is -0.454 e. The summed E-state index contributed by atoms with van der Waals surface area (Å²) in [5.41, 5.74) is 2.08. The Balaban J connectivity index is 1.83. The van der Waals surface area contributed by atoms with E-state index < -0.39 is 11.4 Å². The number of fused-ring (bicyclic) bond motifs is 1. The van der Waals surface area contributed by atoms with E-state index in [0.717, 1.165) is 5.57 Å². The molecule has 0 spiro atoms. The first-order chi connectivity index (χ1) is 13.8. The summed E-state index contributed by atoms with van der Waals surface area (Å²) in [6.45, 7) is 3.14. The van der Waals surface area contributed by atoms with Crippen LogP contribution in [0, 0.1) is 5.82 Å². The number of furan rings is 1. The molecule has 0 aliphatic carbocycles. The van der Waals surface area contributed by atoms with Gasteiger partial charge in [0, 0.05) is 47.8 Å². The van der Waals surface area contributed by atoms with Gasteiger partial charge in [-0.25, -0.2) is 4.39 Å². The van der Waals surface area contributed by atoms with Gasteiger partial charge >= 0.3 is 0 Å². The molecule has 150 valence electrons. The third-order valence-electron chi connectivity index (χ3n) is 5.07. The van der Waals surface area contributed by atoms with E-state index in [4.69, 9.17) is 4.42 Å². The van der Waals surface area contributed by atoms with E-state index in [1.165, 1.54) is 0 Å². The van der Waals surface area contributed by atoms with E-state index >= 15 is 4.39 Å². The van der Waals surface area contributed by atoms with Crippen LogP contribution >= 0.6 is 11.8 Å². The Morgan fingerprint density at radius 3 is 2.72 bits per heavy atom. The molecule has 1 aromatic carbocycles. The minimum atomic E-state index is -1.28. The predicted molar refractivity (Wildman–Crippen MR) is 117 cm³/mol. The number of benzene rings is 1. The molecule has 6 heteroatoms. The number of halogens is 1.